The first-order valence-corrected chi connectivity index (χ1v) is 10.0. The molecule has 1 aliphatic heterocycles. The first kappa shape index (κ1) is 21.2. The van der Waals surface area contributed by atoms with Crippen LogP contribution in [0.15, 0.2) is 33.7 Å². The van der Waals surface area contributed by atoms with Gasteiger partial charge in [0.2, 0.25) is 0 Å². The van der Waals surface area contributed by atoms with Crippen molar-refractivity contribution >= 4 is 33.8 Å². The maximum atomic E-state index is 12.1. The fourth-order valence-electron chi connectivity index (χ4n) is 3.00. The Balaban J connectivity index is 1.72. The second-order valence-corrected chi connectivity index (χ2v) is 7.17. The molecule has 2 N–H and O–H groups in total. The molecule has 1 fully saturated rings. The number of likely N-dealkylation sites (tertiary alicyclic amines) is 1. The van der Waals surface area contributed by atoms with Crippen molar-refractivity contribution in [1.82, 2.24) is 15.5 Å². The number of nitrogens with zero attached hydrogens (tertiary/aromatic N) is 2. The highest BCUT2D eigenvalue weighted by atomic mass is 79.9. The second-order valence-electron chi connectivity index (χ2n) is 6.25. The predicted octanol–water partition coefficient (Wildman–Crippen LogP) is 2.03. The number of carbonyl (C=O) groups excluding carboxylic acids is 2. The molecule has 1 aliphatic rings. The standard InChI is InChI=1S/C19H27BrN4O3/c1-3-27-18(26)14-7-11-24(12-8-14)19(21-2)23-10-9-22-17(25)15-5-4-6-16(20)13-15/h4-6,13-14H,3,7-12H2,1-2H3,(H,21,23)(H,22,25). The van der Waals surface area contributed by atoms with E-state index in [2.05, 4.69) is 36.5 Å². The Morgan fingerprint density at radius 1 is 1.26 bits per heavy atom. The lowest BCUT2D eigenvalue weighted by molar-refractivity contribution is -0.149. The molecule has 0 unspecified atom stereocenters. The number of nitrogens with one attached hydrogen (secondary N) is 2. The van der Waals surface area contributed by atoms with E-state index in [9.17, 15) is 9.59 Å². The molecule has 1 amide bonds. The molecule has 0 saturated carbocycles. The summed E-state index contributed by atoms with van der Waals surface area (Å²) in [6, 6.07) is 7.28. The highest BCUT2D eigenvalue weighted by molar-refractivity contribution is 9.10. The van der Waals surface area contributed by atoms with Gasteiger partial charge in [-0.2, -0.15) is 0 Å². The summed E-state index contributed by atoms with van der Waals surface area (Å²) in [6.45, 7) is 4.83. The summed E-state index contributed by atoms with van der Waals surface area (Å²) in [4.78, 5) is 30.4. The lowest BCUT2D eigenvalue weighted by Crippen LogP contribution is -2.48. The second kappa shape index (κ2) is 10.9. The van der Waals surface area contributed by atoms with Crippen molar-refractivity contribution in [3.63, 3.8) is 0 Å². The summed E-state index contributed by atoms with van der Waals surface area (Å²) in [5.74, 6) is 0.552. The largest absolute Gasteiger partial charge is 0.466 e. The van der Waals surface area contributed by atoms with Crippen LogP contribution >= 0.6 is 15.9 Å². The van der Waals surface area contributed by atoms with Crippen molar-refractivity contribution in [3.05, 3.63) is 34.3 Å². The summed E-state index contributed by atoms with van der Waals surface area (Å²) in [5, 5.41) is 6.15. The predicted molar refractivity (Wildman–Crippen MR) is 109 cm³/mol. The summed E-state index contributed by atoms with van der Waals surface area (Å²) in [7, 11) is 1.74. The van der Waals surface area contributed by atoms with E-state index < -0.39 is 0 Å². The number of halogens is 1. The van der Waals surface area contributed by atoms with Crippen molar-refractivity contribution in [3.8, 4) is 0 Å². The van der Waals surface area contributed by atoms with Crippen LogP contribution in [-0.2, 0) is 9.53 Å². The van der Waals surface area contributed by atoms with Crippen LogP contribution < -0.4 is 10.6 Å². The molecule has 0 aromatic heterocycles. The van der Waals surface area contributed by atoms with Gasteiger partial charge in [-0.25, -0.2) is 0 Å². The van der Waals surface area contributed by atoms with Crippen molar-refractivity contribution in [2.45, 2.75) is 19.8 Å². The number of esters is 1. The number of guanidine groups is 1. The zero-order valence-electron chi connectivity index (χ0n) is 15.8. The minimum absolute atomic E-state index is 0.0243. The smallest absolute Gasteiger partial charge is 0.309 e. The van der Waals surface area contributed by atoms with Crippen LogP contribution in [-0.4, -0.2) is 62.6 Å². The number of piperidine rings is 1. The van der Waals surface area contributed by atoms with Crippen LogP contribution in [0, 0.1) is 5.92 Å². The zero-order valence-corrected chi connectivity index (χ0v) is 17.4. The summed E-state index contributed by atoms with van der Waals surface area (Å²) >= 11 is 3.36. The topological polar surface area (TPSA) is 83.0 Å². The molecular weight excluding hydrogens is 412 g/mol. The molecule has 8 heteroatoms. The lowest BCUT2D eigenvalue weighted by atomic mass is 9.97. The molecule has 7 nitrogen and oxygen atoms in total. The summed E-state index contributed by atoms with van der Waals surface area (Å²) < 4.78 is 5.98. The van der Waals surface area contributed by atoms with Crippen LogP contribution in [0.3, 0.4) is 0 Å². The average molecular weight is 439 g/mol. The fraction of sp³-hybridized carbons (Fsp3) is 0.526. The molecule has 0 atom stereocenters. The molecule has 148 valence electrons. The number of benzene rings is 1. The first-order valence-electron chi connectivity index (χ1n) is 9.21. The van der Waals surface area contributed by atoms with Crippen molar-refractivity contribution in [2.24, 2.45) is 10.9 Å². The molecular formula is C19H27BrN4O3. The number of amides is 1. The lowest BCUT2D eigenvalue weighted by Gasteiger charge is -2.33. The maximum absolute atomic E-state index is 12.1. The molecule has 2 rings (SSSR count). The number of ether oxygens (including phenoxy) is 1. The van der Waals surface area contributed by atoms with Gasteiger partial charge in [-0.1, -0.05) is 22.0 Å². The molecule has 1 aromatic carbocycles. The third kappa shape index (κ3) is 6.53. The van der Waals surface area contributed by atoms with E-state index in [0.29, 0.717) is 25.3 Å². The highest BCUT2D eigenvalue weighted by Gasteiger charge is 2.27. The van der Waals surface area contributed by atoms with Crippen molar-refractivity contribution < 1.29 is 14.3 Å². The molecule has 0 aliphatic carbocycles. The normalized spacial score (nSPS) is 15.4. The first-order chi connectivity index (χ1) is 13.0. The number of hydrogen-bond donors (Lipinski definition) is 2. The molecule has 0 bridgehead atoms. The van der Waals surface area contributed by atoms with E-state index in [1.165, 1.54) is 0 Å². The van der Waals surface area contributed by atoms with Gasteiger partial charge in [0, 0.05) is 43.3 Å². The Labute approximate surface area is 168 Å². The molecule has 0 radical (unpaired) electrons. The molecule has 1 heterocycles. The summed E-state index contributed by atoms with van der Waals surface area (Å²) in [6.07, 6.45) is 1.53. The zero-order chi connectivity index (χ0) is 19.6. The van der Waals surface area contributed by atoms with Gasteiger partial charge in [-0.05, 0) is 38.0 Å². The van der Waals surface area contributed by atoms with Crippen molar-refractivity contribution in [1.29, 1.82) is 0 Å². The minimum Gasteiger partial charge on any atom is -0.466 e. The van der Waals surface area contributed by atoms with Crippen LogP contribution in [0.5, 0.6) is 0 Å². The van der Waals surface area contributed by atoms with Crippen LogP contribution in [0.2, 0.25) is 0 Å². The van der Waals surface area contributed by atoms with Gasteiger partial charge in [0.05, 0.1) is 12.5 Å². The fourth-order valence-corrected chi connectivity index (χ4v) is 3.40. The van der Waals surface area contributed by atoms with Gasteiger partial charge in [0.1, 0.15) is 0 Å². The number of aliphatic imine (C=N–C) groups is 1. The van der Waals surface area contributed by atoms with Crippen molar-refractivity contribution in [2.75, 3.05) is 39.8 Å². The molecule has 1 aromatic rings. The molecule has 1 saturated heterocycles. The Morgan fingerprint density at radius 3 is 2.59 bits per heavy atom. The average Bonchev–Trinajstić information content (AvgIpc) is 2.68. The Bertz CT molecular complexity index is 673. The van der Waals surface area contributed by atoms with E-state index in [0.717, 1.165) is 36.4 Å². The molecule has 0 spiro atoms. The Hall–Kier alpha value is -2.09. The quantitative estimate of drug-likeness (QED) is 0.307. The van der Waals surface area contributed by atoms with E-state index >= 15 is 0 Å². The maximum Gasteiger partial charge on any atom is 0.309 e. The van der Waals surface area contributed by atoms with Gasteiger partial charge < -0.3 is 20.3 Å². The Morgan fingerprint density at radius 2 is 1.96 bits per heavy atom. The number of carbonyl (C=O) groups is 2. The number of rotatable bonds is 6. The Kier molecular flexibility index (Phi) is 8.57. The summed E-state index contributed by atoms with van der Waals surface area (Å²) in [5.41, 5.74) is 0.620. The number of hydrogen-bond acceptors (Lipinski definition) is 4. The molecule has 27 heavy (non-hydrogen) atoms. The van der Waals surface area contributed by atoms with E-state index in [1.54, 1.807) is 19.2 Å². The van der Waals surface area contributed by atoms with E-state index in [-0.39, 0.29) is 17.8 Å². The highest BCUT2D eigenvalue weighted by Crippen LogP contribution is 2.18. The third-order valence-corrected chi connectivity index (χ3v) is 4.90. The SMILES string of the molecule is CCOC(=O)C1CCN(C(=NC)NCCNC(=O)c2cccc(Br)c2)CC1. The van der Waals surface area contributed by atoms with E-state index in [1.807, 2.05) is 19.1 Å². The van der Waals surface area contributed by atoms with Crippen LogP contribution in [0.25, 0.3) is 0 Å². The van der Waals surface area contributed by atoms with E-state index in [4.69, 9.17) is 4.74 Å². The van der Waals surface area contributed by atoms with Gasteiger partial charge in [-0.15, -0.1) is 0 Å². The van der Waals surface area contributed by atoms with Crippen LogP contribution in [0.4, 0.5) is 0 Å². The third-order valence-electron chi connectivity index (χ3n) is 4.41. The van der Waals surface area contributed by atoms with Crippen LogP contribution in [0.1, 0.15) is 30.1 Å². The van der Waals surface area contributed by atoms with Gasteiger partial charge in [0.25, 0.3) is 5.91 Å². The minimum atomic E-state index is -0.108. The van der Waals surface area contributed by atoms with Gasteiger partial charge in [-0.3, -0.25) is 14.6 Å². The monoisotopic (exact) mass is 438 g/mol. The van der Waals surface area contributed by atoms with Gasteiger partial charge in [0.15, 0.2) is 5.96 Å². The van der Waals surface area contributed by atoms with Gasteiger partial charge >= 0.3 is 5.97 Å².